The molecule has 0 radical (unpaired) electrons. The number of likely N-dealkylation sites (tertiary alicyclic amines) is 2. The van der Waals surface area contributed by atoms with Gasteiger partial charge in [0.1, 0.15) is 11.6 Å². The van der Waals surface area contributed by atoms with Gasteiger partial charge in [0, 0.05) is 19.6 Å². The number of hydrogen-bond donors (Lipinski definition) is 1. The monoisotopic (exact) mass is 411 g/mol. The van der Waals surface area contributed by atoms with E-state index >= 15 is 0 Å². The predicted molar refractivity (Wildman–Crippen MR) is 109 cm³/mol. The summed E-state index contributed by atoms with van der Waals surface area (Å²) in [6.45, 7) is 12.9. The topological polar surface area (TPSA) is 102 Å². The van der Waals surface area contributed by atoms with Crippen LogP contribution in [0.25, 0.3) is 0 Å². The number of carbonyl (C=O) groups is 3. The van der Waals surface area contributed by atoms with E-state index in [1.807, 2.05) is 34.6 Å². The van der Waals surface area contributed by atoms with E-state index in [1.54, 1.807) is 16.7 Å². The Labute approximate surface area is 174 Å². The first kappa shape index (κ1) is 23.4. The van der Waals surface area contributed by atoms with E-state index < -0.39 is 17.7 Å². The second-order valence-corrected chi connectivity index (χ2v) is 9.68. The Morgan fingerprint density at radius 1 is 1.17 bits per heavy atom. The maximum atomic E-state index is 13.0. The molecule has 2 aliphatic heterocycles. The third kappa shape index (κ3) is 5.62. The van der Waals surface area contributed by atoms with Crippen LogP contribution in [-0.4, -0.2) is 71.7 Å². The molecule has 0 saturated carbocycles. The average molecular weight is 412 g/mol. The van der Waals surface area contributed by atoms with Gasteiger partial charge >= 0.3 is 12.1 Å². The smallest absolute Gasteiger partial charge is 0.410 e. The van der Waals surface area contributed by atoms with Gasteiger partial charge < -0.3 is 25.0 Å². The molecule has 2 unspecified atom stereocenters. The van der Waals surface area contributed by atoms with Gasteiger partial charge in [-0.3, -0.25) is 4.79 Å². The molecule has 2 N–H and O–H groups in total. The molecule has 1 spiro atoms. The number of rotatable bonds is 4. The maximum absolute atomic E-state index is 13.0. The highest BCUT2D eigenvalue weighted by molar-refractivity contribution is 5.88. The summed E-state index contributed by atoms with van der Waals surface area (Å²) < 4.78 is 10.7. The fourth-order valence-electron chi connectivity index (χ4n) is 4.07. The molecular formula is C21H37N3O5. The van der Waals surface area contributed by atoms with Crippen molar-refractivity contribution < 1.29 is 23.9 Å². The van der Waals surface area contributed by atoms with Crippen molar-refractivity contribution in [1.29, 1.82) is 0 Å². The number of esters is 1. The van der Waals surface area contributed by atoms with E-state index in [2.05, 4.69) is 0 Å². The summed E-state index contributed by atoms with van der Waals surface area (Å²) in [5, 5.41) is 0. The van der Waals surface area contributed by atoms with Crippen molar-refractivity contribution in [3.05, 3.63) is 0 Å². The van der Waals surface area contributed by atoms with Crippen LogP contribution in [0.1, 0.15) is 60.8 Å². The largest absolute Gasteiger partial charge is 0.464 e. The molecule has 2 rings (SSSR count). The molecular weight excluding hydrogens is 374 g/mol. The fourth-order valence-corrected chi connectivity index (χ4v) is 4.07. The van der Waals surface area contributed by atoms with Crippen LogP contribution in [0.4, 0.5) is 4.79 Å². The molecule has 2 saturated heterocycles. The highest BCUT2D eigenvalue weighted by Crippen LogP contribution is 2.44. The van der Waals surface area contributed by atoms with Crippen LogP contribution < -0.4 is 5.73 Å². The van der Waals surface area contributed by atoms with E-state index in [4.69, 9.17) is 15.2 Å². The zero-order chi connectivity index (χ0) is 22.0. The average Bonchev–Trinajstić information content (AvgIpc) is 2.99. The second-order valence-electron chi connectivity index (χ2n) is 9.68. The number of hydrogen-bond acceptors (Lipinski definition) is 6. The van der Waals surface area contributed by atoms with Gasteiger partial charge in [0.15, 0.2) is 0 Å². The molecule has 8 nitrogen and oxygen atoms in total. The minimum atomic E-state index is -0.649. The summed E-state index contributed by atoms with van der Waals surface area (Å²) in [7, 11) is 0. The maximum Gasteiger partial charge on any atom is 0.410 e. The molecule has 8 heteroatoms. The Morgan fingerprint density at radius 3 is 2.24 bits per heavy atom. The van der Waals surface area contributed by atoms with E-state index in [0.717, 1.165) is 0 Å². The normalized spacial score (nSPS) is 22.7. The van der Waals surface area contributed by atoms with Gasteiger partial charge in [0.25, 0.3) is 0 Å². The minimum absolute atomic E-state index is 0.0177. The third-order valence-corrected chi connectivity index (χ3v) is 5.83. The molecule has 2 atom stereocenters. The van der Waals surface area contributed by atoms with Gasteiger partial charge in [-0.15, -0.1) is 0 Å². The first-order valence-electron chi connectivity index (χ1n) is 10.6. The standard InChI is InChI=1S/C21H37N3O5/c1-7-28-18(26)15-12-21(13-24(15)17(25)16(22)14(2)3)8-10-23(11-9-21)19(27)29-20(4,5)6/h14-16H,7-13,22H2,1-6H3. The van der Waals surface area contributed by atoms with Crippen LogP contribution in [0, 0.1) is 11.3 Å². The zero-order valence-electron chi connectivity index (χ0n) is 18.7. The zero-order valence-corrected chi connectivity index (χ0v) is 18.7. The number of nitrogens with zero attached hydrogens (tertiary/aromatic N) is 2. The van der Waals surface area contributed by atoms with Crippen LogP contribution in [0.3, 0.4) is 0 Å². The molecule has 2 aliphatic rings. The van der Waals surface area contributed by atoms with Crippen LogP contribution in [-0.2, 0) is 19.1 Å². The molecule has 0 aliphatic carbocycles. The lowest BCUT2D eigenvalue weighted by Crippen LogP contribution is -2.51. The second kappa shape index (κ2) is 8.90. The third-order valence-electron chi connectivity index (χ3n) is 5.83. The van der Waals surface area contributed by atoms with Crippen molar-refractivity contribution in [2.45, 2.75) is 78.5 Å². The van der Waals surface area contributed by atoms with Crippen molar-refractivity contribution in [2.75, 3.05) is 26.2 Å². The number of ether oxygens (including phenoxy) is 2. The Balaban J connectivity index is 2.11. The molecule has 0 aromatic heterocycles. The first-order chi connectivity index (χ1) is 13.4. The highest BCUT2D eigenvalue weighted by atomic mass is 16.6. The summed E-state index contributed by atoms with van der Waals surface area (Å²) in [6.07, 6.45) is 1.65. The van der Waals surface area contributed by atoms with E-state index in [9.17, 15) is 14.4 Å². The number of piperidine rings is 1. The van der Waals surface area contributed by atoms with Gasteiger partial charge in [-0.2, -0.15) is 0 Å². The van der Waals surface area contributed by atoms with Crippen molar-refractivity contribution in [3.63, 3.8) is 0 Å². The van der Waals surface area contributed by atoms with Crippen LogP contribution >= 0.6 is 0 Å². The van der Waals surface area contributed by atoms with E-state index in [-0.39, 0.29) is 35.9 Å². The van der Waals surface area contributed by atoms with Crippen molar-refractivity contribution >= 4 is 18.0 Å². The summed E-state index contributed by atoms with van der Waals surface area (Å²) >= 11 is 0. The van der Waals surface area contributed by atoms with E-state index in [0.29, 0.717) is 38.9 Å². The summed E-state index contributed by atoms with van der Waals surface area (Å²) in [5.74, 6) is -0.594. The lowest BCUT2D eigenvalue weighted by molar-refractivity contribution is -0.153. The number of carbonyl (C=O) groups excluding carboxylic acids is 3. The van der Waals surface area contributed by atoms with Gasteiger partial charge in [-0.25, -0.2) is 9.59 Å². The van der Waals surface area contributed by atoms with Gasteiger partial charge in [-0.05, 0) is 58.3 Å². The lowest BCUT2D eigenvalue weighted by Gasteiger charge is -2.39. The van der Waals surface area contributed by atoms with Gasteiger partial charge in [0.2, 0.25) is 5.91 Å². The summed E-state index contributed by atoms with van der Waals surface area (Å²) in [6, 6.07) is -1.26. The van der Waals surface area contributed by atoms with E-state index in [1.165, 1.54) is 0 Å². The van der Waals surface area contributed by atoms with Crippen molar-refractivity contribution in [2.24, 2.45) is 17.1 Å². The molecule has 2 amide bonds. The summed E-state index contributed by atoms with van der Waals surface area (Å²) in [5.41, 5.74) is 5.36. The van der Waals surface area contributed by atoms with Crippen LogP contribution in [0.15, 0.2) is 0 Å². The van der Waals surface area contributed by atoms with Crippen molar-refractivity contribution in [3.8, 4) is 0 Å². The summed E-state index contributed by atoms with van der Waals surface area (Å²) in [4.78, 5) is 41.2. The molecule has 2 heterocycles. The van der Waals surface area contributed by atoms with Gasteiger partial charge in [-0.1, -0.05) is 13.8 Å². The fraction of sp³-hybridized carbons (Fsp3) is 0.857. The Hall–Kier alpha value is -1.83. The molecule has 0 aromatic carbocycles. The SMILES string of the molecule is CCOC(=O)C1CC2(CCN(C(=O)OC(C)(C)C)CC2)CN1C(=O)C(N)C(C)C. The predicted octanol–water partition coefficient (Wildman–Crippen LogP) is 2.15. The number of nitrogens with two attached hydrogens (primary N) is 1. The lowest BCUT2D eigenvalue weighted by atomic mass is 9.76. The van der Waals surface area contributed by atoms with Crippen LogP contribution in [0.5, 0.6) is 0 Å². The molecule has 0 aromatic rings. The Morgan fingerprint density at radius 2 is 1.76 bits per heavy atom. The minimum Gasteiger partial charge on any atom is -0.464 e. The van der Waals surface area contributed by atoms with Crippen LogP contribution in [0.2, 0.25) is 0 Å². The Kier molecular flexibility index (Phi) is 7.19. The molecule has 166 valence electrons. The van der Waals surface area contributed by atoms with Crippen molar-refractivity contribution in [1.82, 2.24) is 9.80 Å². The number of amides is 2. The molecule has 29 heavy (non-hydrogen) atoms. The first-order valence-corrected chi connectivity index (χ1v) is 10.6. The van der Waals surface area contributed by atoms with Gasteiger partial charge in [0.05, 0.1) is 12.6 Å². The molecule has 2 fully saturated rings. The molecule has 0 bridgehead atoms. The quantitative estimate of drug-likeness (QED) is 0.711. The Bertz CT molecular complexity index is 620. The highest BCUT2D eigenvalue weighted by Gasteiger charge is 2.51.